The van der Waals surface area contributed by atoms with Crippen LogP contribution in [0.4, 0.5) is 0 Å². The van der Waals surface area contributed by atoms with Crippen molar-refractivity contribution in [3.8, 4) is 0 Å². The van der Waals surface area contributed by atoms with Crippen LogP contribution in [0.5, 0.6) is 0 Å². The summed E-state index contributed by atoms with van der Waals surface area (Å²) in [5, 5.41) is 0. The highest BCUT2D eigenvalue weighted by Crippen LogP contribution is 2.27. The van der Waals surface area contributed by atoms with Crippen LogP contribution >= 0.6 is 0 Å². The molecule has 118 valence electrons. The molecule has 0 aromatic heterocycles. The first-order chi connectivity index (χ1) is 10.1. The molecule has 1 fully saturated rings. The predicted octanol–water partition coefficient (Wildman–Crippen LogP) is 4.08. The summed E-state index contributed by atoms with van der Waals surface area (Å²) in [5.74, 6) is 0.478. The number of ether oxygens (including phenoxy) is 3. The van der Waals surface area contributed by atoms with Gasteiger partial charge in [-0.1, -0.05) is 38.1 Å². The van der Waals surface area contributed by atoms with Gasteiger partial charge in [-0.2, -0.15) is 0 Å². The summed E-state index contributed by atoms with van der Waals surface area (Å²) in [6, 6.07) is 8.31. The highest BCUT2D eigenvalue weighted by atomic mass is 16.7. The zero-order valence-corrected chi connectivity index (χ0v) is 13.7. The van der Waals surface area contributed by atoms with Gasteiger partial charge in [-0.25, -0.2) is 0 Å². The highest BCUT2D eigenvalue weighted by molar-refractivity contribution is 5.24. The van der Waals surface area contributed by atoms with E-state index in [1.54, 1.807) is 0 Å². The second-order valence-electron chi connectivity index (χ2n) is 6.23. The lowest BCUT2D eigenvalue weighted by molar-refractivity contribution is -0.279. The number of aryl methyl sites for hydroxylation is 1. The fourth-order valence-corrected chi connectivity index (χ4v) is 2.66. The smallest absolute Gasteiger partial charge is 0.160 e. The lowest BCUT2D eigenvalue weighted by atomic mass is 10.0. The molecule has 21 heavy (non-hydrogen) atoms. The maximum Gasteiger partial charge on any atom is 0.160 e. The van der Waals surface area contributed by atoms with Gasteiger partial charge in [0.15, 0.2) is 6.29 Å². The molecular formula is C18H28O3. The molecule has 0 amide bonds. The van der Waals surface area contributed by atoms with Crippen molar-refractivity contribution >= 4 is 0 Å². The Hall–Kier alpha value is -0.900. The van der Waals surface area contributed by atoms with Crippen molar-refractivity contribution in [3.05, 3.63) is 35.4 Å². The highest BCUT2D eigenvalue weighted by Gasteiger charge is 2.36. The van der Waals surface area contributed by atoms with E-state index in [-0.39, 0.29) is 11.9 Å². The maximum atomic E-state index is 6.08. The van der Waals surface area contributed by atoms with Crippen molar-refractivity contribution in [2.24, 2.45) is 5.92 Å². The third-order valence-electron chi connectivity index (χ3n) is 4.38. The predicted molar refractivity (Wildman–Crippen MR) is 84.1 cm³/mol. The third kappa shape index (κ3) is 4.29. The van der Waals surface area contributed by atoms with Gasteiger partial charge in [-0.05, 0) is 37.8 Å². The van der Waals surface area contributed by atoms with Crippen molar-refractivity contribution in [3.63, 3.8) is 0 Å². The minimum atomic E-state index is -0.356. The molecule has 0 spiro atoms. The van der Waals surface area contributed by atoms with Gasteiger partial charge in [-0.15, -0.1) is 0 Å². The molecule has 1 aromatic rings. The Morgan fingerprint density at radius 1 is 1.19 bits per heavy atom. The number of benzene rings is 1. The van der Waals surface area contributed by atoms with Gasteiger partial charge >= 0.3 is 0 Å². The summed E-state index contributed by atoms with van der Waals surface area (Å²) in [5.41, 5.74) is 2.12. The molecule has 2 rings (SSSR count). The van der Waals surface area contributed by atoms with Gasteiger partial charge < -0.3 is 14.2 Å². The van der Waals surface area contributed by atoms with Crippen molar-refractivity contribution < 1.29 is 14.2 Å². The molecule has 0 unspecified atom stereocenters. The van der Waals surface area contributed by atoms with Crippen LogP contribution in [0.15, 0.2) is 24.3 Å². The van der Waals surface area contributed by atoms with Crippen LogP contribution in [-0.2, 0) is 20.8 Å². The van der Waals surface area contributed by atoms with Crippen LogP contribution in [0.2, 0.25) is 0 Å². The Bertz CT molecular complexity index is 432. The van der Waals surface area contributed by atoms with Crippen LogP contribution in [0.3, 0.4) is 0 Å². The van der Waals surface area contributed by atoms with Gasteiger partial charge in [0.25, 0.3) is 0 Å². The summed E-state index contributed by atoms with van der Waals surface area (Å²) >= 11 is 0. The van der Waals surface area contributed by atoms with Crippen LogP contribution in [0.25, 0.3) is 0 Å². The second kappa shape index (κ2) is 7.39. The Labute approximate surface area is 128 Å². The molecule has 0 aliphatic carbocycles. The Balaban J connectivity index is 1.86. The summed E-state index contributed by atoms with van der Waals surface area (Å²) in [6.45, 7) is 10.3. The first-order valence-corrected chi connectivity index (χ1v) is 7.99. The molecule has 1 saturated heterocycles. The Kier molecular flexibility index (Phi) is 5.80. The van der Waals surface area contributed by atoms with Gasteiger partial charge in [0, 0.05) is 5.92 Å². The van der Waals surface area contributed by atoms with Gasteiger partial charge in [0.05, 0.1) is 19.8 Å². The second-order valence-corrected chi connectivity index (χ2v) is 6.23. The largest absolute Gasteiger partial charge is 0.366 e. The van der Waals surface area contributed by atoms with E-state index in [1.807, 2.05) is 12.1 Å². The molecule has 1 aliphatic rings. The zero-order chi connectivity index (χ0) is 15.3. The molecule has 1 aromatic carbocycles. The molecule has 0 radical (unpaired) electrons. The van der Waals surface area contributed by atoms with Crippen molar-refractivity contribution in [1.82, 2.24) is 0 Å². The first-order valence-electron chi connectivity index (χ1n) is 7.99. The van der Waals surface area contributed by atoms with E-state index in [1.165, 1.54) is 11.1 Å². The van der Waals surface area contributed by atoms with E-state index < -0.39 is 0 Å². The van der Waals surface area contributed by atoms with E-state index in [4.69, 9.17) is 14.2 Å². The molecule has 0 bridgehead atoms. The number of hydrogen-bond acceptors (Lipinski definition) is 3. The SMILES string of the molecule is CCC(CC)C1OCC(C)(OCc2ccccc2C)CO1. The average Bonchev–Trinajstić information content (AvgIpc) is 2.50. The molecular weight excluding hydrogens is 264 g/mol. The van der Waals surface area contributed by atoms with E-state index in [0.29, 0.717) is 25.7 Å². The normalized spacial score (nSPS) is 26.2. The summed E-state index contributed by atoms with van der Waals surface area (Å²) in [4.78, 5) is 0. The maximum absolute atomic E-state index is 6.08. The minimum absolute atomic E-state index is 0.0739. The molecule has 3 heteroatoms. The molecule has 0 saturated carbocycles. The fraction of sp³-hybridized carbons (Fsp3) is 0.667. The molecule has 0 atom stereocenters. The quantitative estimate of drug-likeness (QED) is 0.790. The lowest BCUT2D eigenvalue weighted by Gasteiger charge is -2.39. The van der Waals surface area contributed by atoms with E-state index in [9.17, 15) is 0 Å². The first kappa shape index (κ1) is 16.5. The summed E-state index contributed by atoms with van der Waals surface area (Å²) in [6.07, 6.45) is 2.10. The molecule has 3 nitrogen and oxygen atoms in total. The third-order valence-corrected chi connectivity index (χ3v) is 4.38. The van der Waals surface area contributed by atoms with E-state index in [0.717, 1.165) is 12.8 Å². The summed E-state index contributed by atoms with van der Waals surface area (Å²) < 4.78 is 17.9. The van der Waals surface area contributed by atoms with Crippen molar-refractivity contribution in [2.75, 3.05) is 13.2 Å². The van der Waals surface area contributed by atoms with Gasteiger partial charge in [0.2, 0.25) is 0 Å². The van der Waals surface area contributed by atoms with Crippen LogP contribution in [0.1, 0.15) is 44.7 Å². The Morgan fingerprint density at radius 3 is 2.38 bits per heavy atom. The van der Waals surface area contributed by atoms with Gasteiger partial charge in [0.1, 0.15) is 5.60 Å². The van der Waals surface area contributed by atoms with Gasteiger partial charge in [-0.3, -0.25) is 0 Å². The van der Waals surface area contributed by atoms with Crippen LogP contribution in [0, 0.1) is 12.8 Å². The Morgan fingerprint density at radius 2 is 1.81 bits per heavy atom. The fourth-order valence-electron chi connectivity index (χ4n) is 2.66. The van der Waals surface area contributed by atoms with Crippen molar-refractivity contribution in [2.45, 2.75) is 59.0 Å². The summed E-state index contributed by atoms with van der Waals surface area (Å²) in [7, 11) is 0. The zero-order valence-electron chi connectivity index (χ0n) is 13.7. The van der Waals surface area contributed by atoms with Crippen molar-refractivity contribution in [1.29, 1.82) is 0 Å². The average molecular weight is 292 g/mol. The minimum Gasteiger partial charge on any atom is -0.366 e. The monoisotopic (exact) mass is 292 g/mol. The number of rotatable bonds is 6. The standard InChI is InChI=1S/C18H28O3/c1-5-15(6-2)17-19-12-18(4,13-20-17)21-11-16-10-8-7-9-14(16)3/h7-10,15,17H,5-6,11-13H2,1-4H3. The lowest BCUT2D eigenvalue weighted by Crippen LogP contribution is -2.48. The molecule has 1 heterocycles. The van der Waals surface area contributed by atoms with Crippen LogP contribution in [-0.4, -0.2) is 25.1 Å². The topological polar surface area (TPSA) is 27.7 Å². The van der Waals surface area contributed by atoms with E-state index in [2.05, 4.69) is 39.8 Å². The van der Waals surface area contributed by atoms with Crippen LogP contribution < -0.4 is 0 Å². The van der Waals surface area contributed by atoms with E-state index >= 15 is 0 Å². The molecule has 1 aliphatic heterocycles. The molecule has 0 N–H and O–H groups in total. The number of hydrogen-bond donors (Lipinski definition) is 0.